The molecule has 0 radical (unpaired) electrons. The second kappa shape index (κ2) is 10.9. The standard InChI is InChI=1S/C25H24ClFN6O3S/c26-20-14-18(1-2-21(20)27)30-24-5-6-29-23-4-3-22(31-25(23)24)17-13-19(16-28-15-17)32-37(34,35)12-9-33-7-10-36-11-8-33/h1-6,13-16,32H,7-12H2,(H,29,30). The van der Waals surface area contributed by atoms with Crippen LogP contribution in [0.3, 0.4) is 0 Å². The molecule has 4 aromatic rings. The maximum Gasteiger partial charge on any atom is 0.234 e. The van der Waals surface area contributed by atoms with Gasteiger partial charge in [-0.3, -0.25) is 19.6 Å². The maximum absolute atomic E-state index is 13.6. The van der Waals surface area contributed by atoms with E-state index in [1.165, 1.54) is 18.3 Å². The molecule has 0 aliphatic carbocycles. The van der Waals surface area contributed by atoms with E-state index in [1.54, 1.807) is 36.7 Å². The molecule has 0 amide bonds. The second-order valence-corrected chi connectivity index (χ2v) is 10.8. The molecule has 1 aliphatic heterocycles. The quantitative estimate of drug-likeness (QED) is 0.339. The van der Waals surface area contributed by atoms with Crippen LogP contribution < -0.4 is 10.0 Å². The molecule has 9 nitrogen and oxygen atoms in total. The number of sulfonamides is 1. The lowest BCUT2D eigenvalue weighted by Gasteiger charge is -2.26. The van der Waals surface area contributed by atoms with Gasteiger partial charge in [-0.05, 0) is 42.5 Å². The summed E-state index contributed by atoms with van der Waals surface area (Å²) >= 11 is 5.92. The smallest absolute Gasteiger partial charge is 0.234 e. The van der Waals surface area contributed by atoms with E-state index in [9.17, 15) is 12.8 Å². The van der Waals surface area contributed by atoms with E-state index in [1.807, 2.05) is 6.07 Å². The van der Waals surface area contributed by atoms with Crippen molar-refractivity contribution in [3.05, 3.63) is 71.9 Å². The summed E-state index contributed by atoms with van der Waals surface area (Å²) in [5.41, 5.74) is 4.06. The summed E-state index contributed by atoms with van der Waals surface area (Å²) in [6, 6.07) is 11.4. The minimum atomic E-state index is -3.57. The lowest BCUT2D eigenvalue weighted by atomic mass is 10.1. The summed E-state index contributed by atoms with van der Waals surface area (Å²) in [7, 11) is -3.57. The summed E-state index contributed by atoms with van der Waals surface area (Å²) < 4.78 is 46.8. The fourth-order valence-electron chi connectivity index (χ4n) is 3.96. The average molecular weight is 543 g/mol. The molecular formula is C25H24ClFN6O3S. The van der Waals surface area contributed by atoms with Crippen molar-refractivity contribution in [2.45, 2.75) is 0 Å². The van der Waals surface area contributed by atoms with Gasteiger partial charge in [0.1, 0.15) is 11.3 Å². The Kier molecular flexibility index (Phi) is 7.47. The normalized spacial score (nSPS) is 14.5. The van der Waals surface area contributed by atoms with Crippen molar-refractivity contribution in [3.8, 4) is 11.3 Å². The number of hydrogen-bond donors (Lipinski definition) is 2. The largest absolute Gasteiger partial charge is 0.379 e. The van der Waals surface area contributed by atoms with Crippen LogP contribution in [0.4, 0.5) is 21.5 Å². The van der Waals surface area contributed by atoms with Crippen molar-refractivity contribution in [1.29, 1.82) is 0 Å². The molecule has 0 bridgehead atoms. The Labute approximate surface area is 218 Å². The van der Waals surface area contributed by atoms with Crippen LogP contribution in [-0.4, -0.2) is 66.9 Å². The van der Waals surface area contributed by atoms with Crippen LogP contribution in [-0.2, 0) is 14.8 Å². The minimum absolute atomic E-state index is 0.00676. The van der Waals surface area contributed by atoms with Gasteiger partial charge in [-0.15, -0.1) is 0 Å². The summed E-state index contributed by atoms with van der Waals surface area (Å²) in [4.78, 5) is 15.4. The molecule has 0 spiro atoms. The molecule has 2 N–H and O–H groups in total. The van der Waals surface area contributed by atoms with Gasteiger partial charge in [0, 0.05) is 43.3 Å². The second-order valence-electron chi connectivity index (χ2n) is 8.51. The number of benzene rings is 1. The molecule has 12 heteroatoms. The van der Waals surface area contributed by atoms with Crippen LogP contribution in [0.1, 0.15) is 0 Å². The maximum atomic E-state index is 13.6. The number of ether oxygens (including phenoxy) is 1. The van der Waals surface area contributed by atoms with Crippen LogP contribution in [0.25, 0.3) is 22.3 Å². The Morgan fingerprint density at radius 1 is 1.05 bits per heavy atom. The van der Waals surface area contributed by atoms with Gasteiger partial charge in [0.2, 0.25) is 10.0 Å². The number of fused-ring (bicyclic) bond motifs is 1. The summed E-state index contributed by atoms with van der Waals surface area (Å²) in [6.45, 7) is 3.10. The van der Waals surface area contributed by atoms with E-state index in [0.717, 1.165) is 13.1 Å². The molecule has 1 aliphatic rings. The first-order chi connectivity index (χ1) is 17.9. The van der Waals surface area contributed by atoms with E-state index >= 15 is 0 Å². The van der Waals surface area contributed by atoms with Crippen LogP contribution in [0, 0.1) is 5.82 Å². The van der Waals surface area contributed by atoms with E-state index in [2.05, 4.69) is 24.9 Å². The van der Waals surface area contributed by atoms with Crippen molar-refractivity contribution in [3.63, 3.8) is 0 Å². The molecule has 0 saturated carbocycles. The third kappa shape index (κ3) is 6.31. The summed E-state index contributed by atoms with van der Waals surface area (Å²) in [5.74, 6) is -0.532. The predicted octanol–water partition coefficient (Wildman–Crippen LogP) is 4.30. The van der Waals surface area contributed by atoms with Gasteiger partial charge in [0.05, 0.1) is 52.8 Å². The molecule has 4 heterocycles. The SMILES string of the molecule is O=S(=O)(CCN1CCOCC1)Nc1cncc(-c2ccc3nccc(Nc4ccc(F)c(Cl)c4)c3n2)c1. The van der Waals surface area contributed by atoms with Crippen LogP contribution in [0.15, 0.2) is 61.1 Å². The molecule has 5 rings (SSSR count). The third-order valence-corrected chi connectivity index (χ3v) is 7.43. The lowest BCUT2D eigenvalue weighted by Crippen LogP contribution is -2.39. The number of pyridine rings is 3. The van der Waals surface area contributed by atoms with E-state index in [4.69, 9.17) is 21.3 Å². The average Bonchev–Trinajstić information content (AvgIpc) is 2.90. The first-order valence-corrected chi connectivity index (χ1v) is 13.6. The van der Waals surface area contributed by atoms with E-state index < -0.39 is 15.8 Å². The molecule has 0 unspecified atom stereocenters. The lowest BCUT2D eigenvalue weighted by molar-refractivity contribution is 0.0408. The van der Waals surface area contributed by atoms with Gasteiger partial charge in [-0.2, -0.15) is 0 Å². The van der Waals surface area contributed by atoms with Gasteiger partial charge < -0.3 is 10.1 Å². The molecule has 3 aromatic heterocycles. The number of aromatic nitrogens is 3. The van der Waals surface area contributed by atoms with Gasteiger partial charge in [-0.25, -0.2) is 17.8 Å². The fraction of sp³-hybridized carbons (Fsp3) is 0.240. The molecule has 0 atom stereocenters. The van der Waals surface area contributed by atoms with E-state index in [0.29, 0.717) is 59.1 Å². The van der Waals surface area contributed by atoms with Gasteiger partial charge in [-0.1, -0.05) is 11.6 Å². The molecule has 1 fully saturated rings. The number of nitrogens with one attached hydrogen (secondary N) is 2. The Bertz CT molecular complexity index is 1530. The Morgan fingerprint density at radius 3 is 2.70 bits per heavy atom. The number of hydrogen-bond acceptors (Lipinski definition) is 8. The number of rotatable bonds is 8. The topological polar surface area (TPSA) is 109 Å². The van der Waals surface area contributed by atoms with Crippen molar-refractivity contribution in [2.75, 3.05) is 48.6 Å². The molecule has 192 valence electrons. The highest BCUT2D eigenvalue weighted by atomic mass is 35.5. The molecule has 1 saturated heterocycles. The first-order valence-electron chi connectivity index (χ1n) is 11.6. The Balaban J connectivity index is 1.36. The number of halogens is 2. The Hall–Kier alpha value is -3.38. The predicted molar refractivity (Wildman–Crippen MR) is 142 cm³/mol. The highest BCUT2D eigenvalue weighted by Gasteiger charge is 2.17. The first kappa shape index (κ1) is 25.3. The van der Waals surface area contributed by atoms with Gasteiger partial charge in [0.15, 0.2) is 0 Å². The molecule has 1 aromatic carbocycles. The minimum Gasteiger partial charge on any atom is -0.379 e. The molecule has 37 heavy (non-hydrogen) atoms. The van der Waals surface area contributed by atoms with Crippen molar-refractivity contribution in [1.82, 2.24) is 19.9 Å². The highest BCUT2D eigenvalue weighted by molar-refractivity contribution is 7.92. The molecular weight excluding hydrogens is 519 g/mol. The van der Waals surface area contributed by atoms with Crippen molar-refractivity contribution >= 4 is 49.7 Å². The zero-order valence-corrected chi connectivity index (χ0v) is 21.3. The monoisotopic (exact) mass is 542 g/mol. The Morgan fingerprint density at radius 2 is 1.89 bits per heavy atom. The number of morpholine rings is 1. The highest BCUT2D eigenvalue weighted by Crippen LogP contribution is 2.29. The van der Waals surface area contributed by atoms with E-state index in [-0.39, 0.29) is 10.8 Å². The summed E-state index contributed by atoms with van der Waals surface area (Å²) in [6.07, 6.45) is 4.72. The zero-order valence-electron chi connectivity index (χ0n) is 19.7. The zero-order chi connectivity index (χ0) is 25.8. The van der Waals surface area contributed by atoms with Gasteiger partial charge in [0.25, 0.3) is 0 Å². The third-order valence-electron chi connectivity index (χ3n) is 5.87. The number of anilines is 3. The number of nitrogens with zero attached hydrogens (tertiary/aromatic N) is 4. The van der Waals surface area contributed by atoms with Crippen molar-refractivity contribution in [2.24, 2.45) is 0 Å². The summed E-state index contributed by atoms with van der Waals surface area (Å²) in [5, 5.41) is 3.21. The van der Waals surface area contributed by atoms with Gasteiger partial charge >= 0.3 is 0 Å². The van der Waals surface area contributed by atoms with Crippen LogP contribution in [0.2, 0.25) is 5.02 Å². The van der Waals surface area contributed by atoms with Crippen LogP contribution >= 0.6 is 11.6 Å². The van der Waals surface area contributed by atoms with Crippen LogP contribution in [0.5, 0.6) is 0 Å². The fourth-order valence-corrected chi connectivity index (χ4v) is 5.21. The van der Waals surface area contributed by atoms with Crippen molar-refractivity contribution < 1.29 is 17.5 Å².